The van der Waals surface area contributed by atoms with E-state index in [1.165, 1.54) is 18.2 Å². The lowest BCUT2D eigenvalue weighted by Gasteiger charge is -2.26. The van der Waals surface area contributed by atoms with Gasteiger partial charge in [-0.15, -0.1) is 0 Å². The van der Waals surface area contributed by atoms with Crippen LogP contribution >= 0.6 is 0 Å². The Bertz CT molecular complexity index is 326. The summed E-state index contributed by atoms with van der Waals surface area (Å²) in [5.74, 6) is 0.0508. The molecule has 2 rings (SSSR count). The topological polar surface area (TPSA) is 41.5 Å². The van der Waals surface area contributed by atoms with Gasteiger partial charge in [0, 0.05) is 25.1 Å². The Morgan fingerprint density at radius 2 is 2.29 bits per heavy atom. The monoisotopic (exact) mass is 197 g/mol. The molecule has 3 nitrogen and oxygen atoms in total. The smallest absolute Gasteiger partial charge is 0.165 e. The van der Waals surface area contributed by atoms with Crippen LogP contribution in [-0.2, 0) is 0 Å². The van der Waals surface area contributed by atoms with Crippen molar-refractivity contribution in [1.29, 1.82) is 0 Å². The first-order chi connectivity index (χ1) is 6.75. The maximum Gasteiger partial charge on any atom is 0.165 e. The van der Waals surface area contributed by atoms with Gasteiger partial charge >= 0.3 is 0 Å². The van der Waals surface area contributed by atoms with E-state index < -0.39 is 5.82 Å². The van der Waals surface area contributed by atoms with Crippen molar-refractivity contribution in [3.63, 3.8) is 0 Å². The van der Waals surface area contributed by atoms with Crippen molar-refractivity contribution >= 4 is 0 Å². The minimum absolute atomic E-state index is 0.366. The number of nitrogens with one attached hydrogen (secondary N) is 1. The second kappa shape index (κ2) is 3.84. The molecule has 76 valence electrons. The highest BCUT2D eigenvalue weighted by Crippen LogP contribution is 2.22. The van der Waals surface area contributed by atoms with E-state index in [1.807, 2.05) is 0 Å². The summed E-state index contributed by atoms with van der Waals surface area (Å²) in [5.41, 5.74) is 0. The van der Waals surface area contributed by atoms with Gasteiger partial charge in [-0.05, 0) is 12.1 Å². The van der Waals surface area contributed by atoms with Crippen molar-refractivity contribution in [1.82, 2.24) is 5.32 Å². The molecule has 0 amide bonds. The average Bonchev–Trinajstić information content (AvgIpc) is 2.08. The summed E-state index contributed by atoms with van der Waals surface area (Å²) < 4.78 is 18.0. The molecule has 1 saturated heterocycles. The minimum Gasteiger partial charge on any atom is -0.505 e. The largest absolute Gasteiger partial charge is 0.505 e. The van der Waals surface area contributed by atoms with Crippen LogP contribution in [0.1, 0.15) is 0 Å². The Morgan fingerprint density at radius 3 is 2.86 bits per heavy atom. The summed E-state index contributed by atoms with van der Waals surface area (Å²) >= 11 is 0. The van der Waals surface area contributed by atoms with Crippen LogP contribution in [0.15, 0.2) is 18.2 Å². The second-order valence-corrected chi connectivity index (χ2v) is 3.45. The lowest BCUT2D eigenvalue weighted by molar-refractivity contribution is 0.198. The van der Waals surface area contributed by atoms with Gasteiger partial charge in [-0.1, -0.05) is 0 Å². The van der Waals surface area contributed by atoms with Gasteiger partial charge in [0.15, 0.2) is 11.6 Å². The van der Waals surface area contributed by atoms with Gasteiger partial charge in [0.05, 0.1) is 6.61 Å². The molecule has 2 N–H and O–H groups in total. The first kappa shape index (κ1) is 9.27. The molecular weight excluding hydrogens is 185 g/mol. The molecule has 1 fully saturated rings. The Kier molecular flexibility index (Phi) is 2.54. The van der Waals surface area contributed by atoms with Crippen LogP contribution in [0.5, 0.6) is 11.5 Å². The van der Waals surface area contributed by atoms with Crippen LogP contribution in [0.2, 0.25) is 0 Å². The predicted molar refractivity (Wildman–Crippen MR) is 49.9 cm³/mol. The van der Waals surface area contributed by atoms with E-state index in [-0.39, 0.29) is 5.75 Å². The number of benzene rings is 1. The molecule has 1 heterocycles. The van der Waals surface area contributed by atoms with Crippen LogP contribution in [0, 0.1) is 11.7 Å². The van der Waals surface area contributed by atoms with Crippen molar-refractivity contribution in [2.75, 3.05) is 19.7 Å². The molecule has 0 atom stereocenters. The van der Waals surface area contributed by atoms with Gasteiger partial charge in [-0.25, -0.2) is 4.39 Å². The van der Waals surface area contributed by atoms with Gasteiger partial charge in [0.1, 0.15) is 5.75 Å². The Morgan fingerprint density at radius 1 is 1.50 bits per heavy atom. The number of halogens is 1. The standard InChI is InChI=1S/C10H12FNO2/c11-9-2-1-8(3-10(9)13)14-6-7-4-12-5-7/h1-3,7,12-13H,4-6H2. The number of aromatic hydroxyl groups is 1. The number of phenolic OH excluding ortho intramolecular Hbond substituents is 1. The van der Waals surface area contributed by atoms with Gasteiger partial charge in [0.2, 0.25) is 0 Å². The van der Waals surface area contributed by atoms with Crippen LogP contribution in [0.3, 0.4) is 0 Å². The molecular formula is C10H12FNO2. The first-order valence-corrected chi connectivity index (χ1v) is 4.58. The van der Waals surface area contributed by atoms with Crippen molar-refractivity contribution in [2.45, 2.75) is 0 Å². The zero-order valence-corrected chi connectivity index (χ0v) is 7.66. The normalized spacial score (nSPS) is 16.4. The van der Waals surface area contributed by atoms with Gasteiger partial charge in [-0.2, -0.15) is 0 Å². The lowest BCUT2D eigenvalue weighted by Crippen LogP contribution is -2.45. The summed E-state index contributed by atoms with van der Waals surface area (Å²) in [6, 6.07) is 4.01. The lowest BCUT2D eigenvalue weighted by atomic mass is 10.1. The minimum atomic E-state index is -0.623. The summed E-state index contributed by atoms with van der Waals surface area (Å²) in [7, 11) is 0. The van der Waals surface area contributed by atoms with Crippen molar-refractivity contribution in [2.24, 2.45) is 5.92 Å². The van der Waals surface area contributed by atoms with Crippen LogP contribution in [0.25, 0.3) is 0 Å². The molecule has 4 heteroatoms. The molecule has 1 aromatic rings. The number of phenols is 1. The number of hydrogen-bond acceptors (Lipinski definition) is 3. The highest BCUT2D eigenvalue weighted by Gasteiger charge is 2.17. The Hall–Kier alpha value is -1.29. The molecule has 0 saturated carbocycles. The molecule has 0 radical (unpaired) electrons. The van der Waals surface area contributed by atoms with Crippen LogP contribution in [-0.4, -0.2) is 24.8 Å². The van der Waals surface area contributed by atoms with Crippen molar-refractivity contribution in [3.05, 3.63) is 24.0 Å². The highest BCUT2D eigenvalue weighted by molar-refractivity contribution is 5.33. The third kappa shape index (κ3) is 1.96. The quantitative estimate of drug-likeness (QED) is 0.763. The number of hydrogen-bond donors (Lipinski definition) is 2. The van der Waals surface area contributed by atoms with E-state index >= 15 is 0 Å². The molecule has 0 bridgehead atoms. The number of rotatable bonds is 3. The van der Waals surface area contributed by atoms with Crippen molar-refractivity contribution < 1.29 is 14.2 Å². The second-order valence-electron chi connectivity index (χ2n) is 3.45. The van der Waals surface area contributed by atoms with E-state index in [0.717, 1.165) is 13.1 Å². The maximum atomic E-state index is 12.7. The van der Waals surface area contributed by atoms with Gasteiger partial charge < -0.3 is 15.2 Å². The summed E-state index contributed by atoms with van der Waals surface area (Å²) in [6.45, 7) is 2.54. The molecule has 0 spiro atoms. The molecule has 1 aromatic carbocycles. The summed E-state index contributed by atoms with van der Waals surface area (Å²) in [6.07, 6.45) is 0. The highest BCUT2D eigenvalue weighted by atomic mass is 19.1. The van der Waals surface area contributed by atoms with E-state index in [9.17, 15) is 4.39 Å². The fourth-order valence-corrected chi connectivity index (χ4v) is 1.26. The molecule has 1 aliphatic rings. The maximum absolute atomic E-state index is 12.7. The van der Waals surface area contributed by atoms with E-state index in [1.54, 1.807) is 0 Å². The van der Waals surface area contributed by atoms with E-state index in [0.29, 0.717) is 18.3 Å². The zero-order chi connectivity index (χ0) is 9.97. The molecule has 0 aliphatic carbocycles. The van der Waals surface area contributed by atoms with E-state index in [4.69, 9.17) is 9.84 Å². The summed E-state index contributed by atoms with van der Waals surface area (Å²) in [5, 5.41) is 12.2. The number of ether oxygens (including phenoxy) is 1. The Labute approximate surface area is 81.5 Å². The van der Waals surface area contributed by atoms with Gasteiger partial charge in [-0.3, -0.25) is 0 Å². The van der Waals surface area contributed by atoms with Gasteiger partial charge in [0.25, 0.3) is 0 Å². The molecule has 0 unspecified atom stereocenters. The molecule has 1 aliphatic heterocycles. The predicted octanol–water partition coefficient (Wildman–Crippen LogP) is 1.13. The zero-order valence-electron chi connectivity index (χ0n) is 7.66. The molecule has 0 aromatic heterocycles. The SMILES string of the molecule is Oc1cc(OCC2CNC2)ccc1F. The van der Waals surface area contributed by atoms with E-state index in [2.05, 4.69) is 5.32 Å². The Balaban J connectivity index is 1.91. The van der Waals surface area contributed by atoms with Crippen LogP contribution < -0.4 is 10.1 Å². The third-order valence-electron chi connectivity index (χ3n) is 2.27. The fraction of sp³-hybridized carbons (Fsp3) is 0.400. The van der Waals surface area contributed by atoms with Crippen molar-refractivity contribution in [3.8, 4) is 11.5 Å². The molecule has 14 heavy (non-hydrogen) atoms. The third-order valence-corrected chi connectivity index (χ3v) is 2.27. The van der Waals surface area contributed by atoms with Crippen LogP contribution in [0.4, 0.5) is 4.39 Å². The fourth-order valence-electron chi connectivity index (χ4n) is 1.26. The first-order valence-electron chi connectivity index (χ1n) is 4.58. The summed E-state index contributed by atoms with van der Waals surface area (Å²) in [4.78, 5) is 0. The average molecular weight is 197 g/mol.